The number of carboxylic acids is 1. The molecule has 92 valence electrons. The molecule has 0 aliphatic heterocycles. The maximum absolute atomic E-state index is 11.1. The van der Waals surface area contributed by atoms with Gasteiger partial charge in [-0.05, 0) is 30.9 Å². The third-order valence-corrected chi connectivity index (χ3v) is 4.48. The topological polar surface area (TPSA) is 50.2 Å². The maximum Gasteiger partial charge on any atom is 0.338 e. The second-order valence-corrected chi connectivity index (χ2v) is 5.96. The summed E-state index contributed by atoms with van der Waals surface area (Å²) in [5.41, 5.74) is 0.329. The number of hydrogen-bond acceptors (Lipinski definition) is 3. The number of pyridine rings is 1. The van der Waals surface area contributed by atoms with Gasteiger partial charge in [-0.25, -0.2) is 9.78 Å². The molecular weight excluding hydrogens is 234 g/mol. The van der Waals surface area contributed by atoms with E-state index in [0.717, 1.165) is 5.92 Å². The van der Waals surface area contributed by atoms with Gasteiger partial charge in [0.15, 0.2) is 0 Å². The number of thioether (sulfide) groups is 1. The Morgan fingerprint density at radius 1 is 1.53 bits per heavy atom. The lowest BCUT2D eigenvalue weighted by molar-refractivity contribution is 0.0692. The minimum absolute atomic E-state index is 0.329. The molecule has 0 saturated heterocycles. The van der Waals surface area contributed by atoms with Gasteiger partial charge < -0.3 is 5.11 Å². The lowest BCUT2D eigenvalue weighted by Crippen LogP contribution is -2.15. The van der Waals surface area contributed by atoms with Crippen LogP contribution in [0.15, 0.2) is 23.4 Å². The van der Waals surface area contributed by atoms with Crippen molar-refractivity contribution in [3.05, 3.63) is 23.9 Å². The third-order valence-electron chi connectivity index (χ3n) is 3.17. The van der Waals surface area contributed by atoms with Crippen LogP contribution in [0, 0.1) is 5.92 Å². The van der Waals surface area contributed by atoms with E-state index in [1.165, 1.54) is 25.7 Å². The lowest BCUT2D eigenvalue weighted by atomic mass is 9.91. The van der Waals surface area contributed by atoms with Crippen LogP contribution < -0.4 is 0 Å². The highest BCUT2D eigenvalue weighted by Crippen LogP contribution is 2.36. The van der Waals surface area contributed by atoms with Gasteiger partial charge in [-0.15, -0.1) is 11.8 Å². The predicted molar refractivity (Wildman–Crippen MR) is 68.5 cm³/mol. The number of carboxylic acid groups (broad SMARTS) is 1. The molecule has 2 atom stereocenters. The number of hydrogen-bond donors (Lipinski definition) is 1. The first-order chi connectivity index (χ1) is 8.16. The van der Waals surface area contributed by atoms with E-state index in [0.29, 0.717) is 15.8 Å². The van der Waals surface area contributed by atoms with E-state index in [-0.39, 0.29) is 0 Å². The van der Waals surface area contributed by atoms with Gasteiger partial charge in [-0.3, -0.25) is 0 Å². The summed E-state index contributed by atoms with van der Waals surface area (Å²) < 4.78 is 0. The quantitative estimate of drug-likeness (QED) is 0.894. The molecule has 0 spiro atoms. The molecule has 0 bridgehead atoms. The molecule has 0 aromatic carbocycles. The predicted octanol–water partition coefficient (Wildman–Crippen LogP) is 3.45. The minimum atomic E-state index is -0.885. The van der Waals surface area contributed by atoms with Crippen molar-refractivity contribution in [1.82, 2.24) is 4.98 Å². The molecule has 3 nitrogen and oxygen atoms in total. The van der Waals surface area contributed by atoms with E-state index >= 15 is 0 Å². The summed E-state index contributed by atoms with van der Waals surface area (Å²) in [5.74, 6) is -0.136. The Hall–Kier alpha value is -1.03. The monoisotopic (exact) mass is 251 g/mol. The van der Waals surface area contributed by atoms with Gasteiger partial charge in [0.25, 0.3) is 0 Å². The van der Waals surface area contributed by atoms with E-state index in [2.05, 4.69) is 11.9 Å². The van der Waals surface area contributed by atoms with Crippen molar-refractivity contribution in [1.29, 1.82) is 0 Å². The van der Waals surface area contributed by atoms with Crippen LogP contribution in [0.3, 0.4) is 0 Å². The van der Waals surface area contributed by atoms with Crippen molar-refractivity contribution in [2.75, 3.05) is 0 Å². The molecule has 0 radical (unpaired) electrons. The summed E-state index contributed by atoms with van der Waals surface area (Å²) in [6.07, 6.45) is 6.55. The van der Waals surface area contributed by atoms with Crippen LogP contribution in [0.25, 0.3) is 0 Å². The van der Waals surface area contributed by atoms with Crippen molar-refractivity contribution >= 4 is 17.7 Å². The van der Waals surface area contributed by atoms with Gasteiger partial charge in [-0.1, -0.05) is 19.8 Å². The summed E-state index contributed by atoms with van der Waals surface area (Å²) >= 11 is 1.63. The van der Waals surface area contributed by atoms with Crippen molar-refractivity contribution in [2.24, 2.45) is 5.92 Å². The molecule has 1 saturated carbocycles. The number of aromatic carboxylic acids is 1. The van der Waals surface area contributed by atoms with Crippen LogP contribution in [-0.4, -0.2) is 21.3 Å². The van der Waals surface area contributed by atoms with E-state index in [9.17, 15) is 4.79 Å². The van der Waals surface area contributed by atoms with Crippen molar-refractivity contribution in [3.63, 3.8) is 0 Å². The Morgan fingerprint density at radius 2 is 2.35 bits per heavy atom. The van der Waals surface area contributed by atoms with Gasteiger partial charge in [0.2, 0.25) is 0 Å². The van der Waals surface area contributed by atoms with Gasteiger partial charge in [0, 0.05) is 11.4 Å². The first-order valence-electron chi connectivity index (χ1n) is 6.02. The van der Waals surface area contributed by atoms with Crippen LogP contribution in [0.2, 0.25) is 0 Å². The molecule has 1 aliphatic carbocycles. The Kier molecular flexibility index (Phi) is 4.05. The Labute approximate surface area is 106 Å². The largest absolute Gasteiger partial charge is 0.478 e. The Bertz CT molecular complexity index is 408. The molecule has 4 heteroatoms. The van der Waals surface area contributed by atoms with Crippen molar-refractivity contribution in [3.8, 4) is 0 Å². The maximum atomic E-state index is 11.1. The molecule has 1 aromatic rings. The highest BCUT2D eigenvalue weighted by atomic mass is 32.2. The minimum Gasteiger partial charge on any atom is -0.478 e. The standard InChI is InChI=1S/C13H17NO2S/c1-9-4-2-5-10(8-9)17-12-11(13(15)16)6-3-7-14-12/h3,6-7,9-10H,2,4-5,8H2,1H3,(H,15,16). The molecular formula is C13H17NO2S. The van der Waals surface area contributed by atoms with Crippen LogP contribution in [0.1, 0.15) is 43.0 Å². The Balaban J connectivity index is 2.10. The van der Waals surface area contributed by atoms with E-state index in [1.807, 2.05) is 0 Å². The molecule has 1 heterocycles. The second kappa shape index (κ2) is 5.54. The average molecular weight is 251 g/mol. The zero-order valence-corrected chi connectivity index (χ0v) is 10.7. The third kappa shape index (κ3) is 3.22. The number of aromatic nitrogens is 1. The summed E-state index contributed by atoms with van der Waals surface area (Å²) in [6, 6.07) is 3.31. The first-order valence-corrected chi connectivity index (χ1v) is 6.89. The van der Waals surface area contributed by atoms with Gasteiger partial charge in [0.1, 0.15) is 5.03 Å². The molecule has 1 aromatic heterocycles. The molecule has 2 rings (SSSR count). The second-order valence-electron chi connectivity index (χ2n) is 4.67. The summed E-state index contributed by atoms with van der Waals surface area (Å²) in [4.78, 5) is 15.3. The zero-order chi connectivity index (χ0) is 12.3. The zero-order valence-electron chi connectivity index (χ0n) is 9.93. The summed E-state index contributed by atoms with van der Waals surface area (Å²) in [6.45, 7) is 2.27. The highest BCUT2D eigenvalue weighted by Gasteiger charge is 2.22. The summed E-state index contributed by atoms with van der Waals surface area (Å²) in [7, 11) is 0. The molecule has 1 aliphatic rings. The molecule has 1 fully saturated rings. The molecule has 2 unspecified atom stereocenters. The number of rotatable bonds is 3. The smallest absolute Gasteiger partial charge is 0.338 e. The Morgan fingerprint density at radius 3 is 3.06 bits per heavy atom. The van der Waals surface area contributed by atoms with Gasteiger partial charge >= 0.3 is 5.97 Å². The normalized spacial score (nSPS) is 24.5. The van der Waals surface area contributed by atoms with Crippen LogP contribution in [0.5, 0.6) is 0 Å². The van der Waals surface area contributed by atoms with Crippen molar-refractivity contribution < 1.29 is 9.90 Å². The van der Waals surface area contributed by atoms with E-state index in [1.54, 1.807) is 30.1 Å². The molecule has 17 heavy (non-hydrogen) atoms. The highest BCUT2D eigenvalue weighted by molar-refractivity contribution is 7.99. The number of carbonyl (C=O) groups is 1. The summed E-state index contributed by atoms with van der Waals surface area (Å²) in [5, 5.41) is 10.3. The van der Waals surface area contributed by atoms with Gasteiger partial charge in [-0.2, -0.15) is 0 Å². The van der Waals surface area contributed by atoms with Crippen LogP contribution >= 0.6 is 11.8 Å². The molecule has 1 N–H and O–H groups in total. The number of nitrogens with zero attached hydrogens (tertiary/aromatic N) is 1. The fourth-order valence-electron chi connectivity index (χ4n) is 2.29. The first kappa shape index (κ1) is 12.4. The lowest BCUT2D eigenvalue weighted by Gasteiger charge is -2.26. The van der Waals surface area contributed by atoms with Gasteiger partial charge in [0.05, 0.1) is 5.56 Å². The average Bonchev–Trinajstić information content (AvgIpc) is 2.29. The van der Waals surface area contributed by atoms with Crippen LogP contribution in [-0.2, 0) is 0 Å². The van der Waals surface area contributed by atoms with E-state index in [4.69, 9.17) is 5.11 Å². The van der Waals surface area contributed by atoms with E-state index < -0.39 is 5.97 Å². The molecule has 0 amide bonds. The fraction of sp³-hybridized carbons (Fsp3) is 0.538. The fourth-order valence-corrected chi connectivity index (χ4v) is 3.72. The van der Waals surface area contributed by atoms with Crippen molar-refractivity contribution in [2.45, 2.75) is 42.9 Å². The SMILES string of the molecule is CC1CCCC(Sc2ncccc2C(=O)O)C1. The van der Waals surface area contributed by atoms with Crippen LogP contribution in [0.4, 0.5) is 0 Å².